The fourth-order valence-corrected chi connectivity index (χ4v) is 1.79. The standard InChI is InChI=1S/C9H19NO2/c1-8(2)5-9(6-11)7-12-4-3-10-9/h8,10-11H,3-7H2,1-2H3. The number of ether oxygens (including phenoxy) is 1. The summed E-state index contributed by atoms with van der Waals surface area (Å²) in [5.74, 6) is 0.589. The van der Waals surface area contributed by atoms with Gasteiger partial charge in [-0.25, -0.2) is 0 Å². The Morgan fingerprint density at radius 3 is 2.75 bits per heavy atom. The van der Waals surface area contributed by atoms with Crippen molar-refractivity contribution in [3.63, 3.8) is 0 Å². The van der Waals surface area contributed by atoms with Crippen LogP contribution in [0.2, 0.25) is 0 Å². The molecule has 12 heavy (non-hydrogen) atoms. The molecule has 1 unspecified atom stereocenters. The summed E-state index contributed by atoms with van der Waals surface area (Å²) in [6, 6.07) is 0. The third kappa shape index (κ3) is 2.44. The molecule has 0 saturated carbocycles. The molecule has 0 aromatic rings. The number of aliphatic hydroxyl groups is 1. The summed E-state index contributed by atoms with van der Waals surface area (Å²) in [6.45, 7) is 6.75. The molecule has 0 aliphatic carbocycles. The minimum atomic E-state index is -0.174. The molecule has 2 N–H and O–H groups in total. The van der Waals surface area contributed by atoms with Gasteiger partial charge in [0.25, 0.3) is 0 Å². The van der Waals surface area contributed by atoms with Crippen molar-refractivity contribution in [2.24, 2.45) is 5.92 Å². The largest absolute Gasteiger partial charge is 0.394 e. The Bertz CT molecular complexity index is 130. The summed E-state index contributed by atoms with van der Waals surface area (Å²) in [5, 5.41) is 12.6. The van der Waals surface area contributed by atoms with Crippen LogP contribution < -0.4 is 5.32 Å². The molecule has 3 nitrogen and oxygen atoms in total. The van der Waals surface area contributed by atoms with E-state index in [1.165, 1.54) is 0 Å². The number of nitrogens with one attached hydrogen (secondary N) is 1. The molecular formula is C9H19NO2. The van der Waals surface area contributed by atoms with Gasteiger partial charge in [-0.3, -0.25) is 0 Å². The van der Waals surface area contributed by atoms with E-state index in [2.05, 4.69) is 19.2 Å². The Morgan fingerprint density at radius 1 is 1.58 bits per heavy atom. The highest BCUT2D eigenvalue weighted by atomic mass is 16.5. The van der Waals surface area contributed by atoms with Crippen LogP contribution in [0.1, 0.15) is 20.3 Å². The van der Waals surface area contributed by atoms with E-state index in [-0.39, 0.29) is 12.1 Å². The predicted octanol–water partition coefficient (Wildman–Crippen LogP) is 0.383. The fourth-order valence-electron chi connectivity index (χ4n) is 1.79. The maximum absolute atomic E-state index is 9.25. The molecule has 1 atom stereocenters. The molecule has 1 heterocycles. The number of hydrogen-bond donors (Lipinski definition) is 2. The van der Waals surface area contributed by atoms with E-state index in [0.717, 1.165) is 19.6 Å². The van der Waals surface area contributed by atoms with Gasteiger partial charge in [-0.05, 0) is 12.3 Å². The van der Waals surface area contributed by atoms with Crippen molar-refractivity contribution in [1.82, 2.24) is 5.32 Å². The van der Waals surface area contributed by atoms with Crippen molar-refractivity contribution < 1.29 is 9.84 Å². The molecule has 1 aliphatic rings. The number of rotatable bonds is 3. The Morgan fingerprint density at radius 2 is 2.33 bits per heavy atom. The Balaban J connectivity index is 2.48. The molecular weight excluding hydrogens is 154 g/mol. The minimum absolute atomic E-state index is 0.172. The van der Waals surface area contributed by atoms with Gasteiger partial charge in [-0.2, -0.15) is 0 Å². The van der Waals surface area contributed by atoms with Crippen LogP contribution in [0, 0.1) is 5.92 Å². The molecule has 0 radical (unpaired) electrons. The normalized spacial score (nSPS) is 31.0. The second kappa shape index (κ2) is 4.21. The van der Waals surface area contributed by atoms with Crippen molar-refractivity contribution in [3.8, 4) is 0 Å². The quantitative estimate of drug-likeness (QED) is 0.648. The van der Waals surface area contributed by atoms with Crippen LogP contribution in [-0.4, -0.2) is 37.0 Å². The zero-order chi connectivity index (χ0) is 9.03. The SMILES string of the molecule is CC(C)CC1(CO)COCCN1. The smallest absolute Gasteiger partial charge is 0.0671 e. The summed E-state index contributed by atoms with van der Waals surface area (Å²) >= 11 is 0. The van der Waals surface area contributed by atoms with E-state index in [4.69, 9.17) is 4.74 Å². The van der Waals surface area contributed by atoms with Gasteiger partial charge in [0.2, 0.25) is 0 Å². The third-order valence-corrected chi connectivity index (χ3v) is 2.23. The molecule has 72 valence electrons. The molecule has 0 aromatic heterocycles. The third-order valence-electron chi connectivity index (χ3n) is 2.23. The summed E-state index contributed by atoms with van der Waals surface area (Å²) in [7, 11) is 0. The predicted molar refractivity (Wildman–Crippen MR) is 48.1 cm³/mol. The minimum Gasteiger partial charge on any atom is -0.394 e. The van der Waals surface area contributed by atoms with Crippen molar-refractivity contribution in [2.75, 3.05) is 26.4 Å². The van der Waals surface area contributed by atoms with Gasteiger partial charge in [-0.1, -0.05) is 13.8 Å². The Kier molecular flexibility index (Phi) is 3.50. The lowest BCUT2D eigenvalue weighted by Crippen LogP contribution is -2.57. The van der Waals surface area contributed by atoms with Crippen molar-refractivity contribution in [1.29, 1.82) is 0 Å². The van der Waals surface area contributed by atoms with Gasteiger partial charge in [0.1, 0.15) is 0 Å². The zero-order valence-corrected chi connectivity index (χ0v) is 7.97. The first-order chi connectivity index (χ1) is 5.68. The van der Waals surface area contributed by atoms with Crippen LogP contribution in [0.15, 0.2) is 0 Å². The maximum Gasteiger partial charge on any atom is 0.0671 e. The number of morpholine rings is 1. The maximum atomic E-state index is 9.25. The summed E-state index contributed by atoms with van der Waals surface area (Å²) in [4.78, 5) is 0. The first-order valence-electron chi connectivity index (χ1n) is 4.62. The second-order valence-electron chi connectivity index (χ2n) is 4.02. The van der Waals surface area contributed by atoms with E-state index in [1.807, 2.05) is 0 Å². The molecule has 3 heteroatoms. The molecule has 1 rings (SSSR count). The van der Waals surface area contributed by atoms with E-state index in [0.29, 0.717) is 12.5 Å². The summed E-state index contributed by atoms with van der Waals surface area (Å²) in [5.41, 5.74) is -0.174. The van der Waals surface area contributed by atoms with Crippen molar-refractivity contribution in [2.45, 2.75) is 25.8 Å². The van der Waals surface area contributed by atoms with E-state index >= 15 is 0 Å². The van der Waals surface area contributed by atoms with Crippen LogP contribution in [0.25, 0.3) is 0 Å². The fraction of sp³-hybridized carbons (Fsp3) is 1.00. The van der Waals surface area contributed by atoms with Crippen LogP contribution in [0.4, 0.5) is 0 Å². The summed E-state index contributed by atoms with van der Waals surface area (Å²) in [6.07, 6.45) is 0.976. The van der Waals surface area contributed by atoms with Crippen LogP contribution in [0.3, 0.4) is 0 Å². The van der Waals surface area contributed by atoms with Crippen LogP contribution >= 0.6 is 0 Å². The lowest BCUT2D eigenvalue weighted by Gasteiger charge is -2.37. The van der Waals surface area contributed by atoms with Gasteiger partial charge in [0.05, 0.1) is 25.4 Å². The molecule has 1 fully saturated rings. The van der Waals surface area contributed by atoms with Crippen LogP contribution in [0.5, 0.6) is 0 Å². The zero-order valence-electron chi connectivity index (χ0n) is 7.97. The Hall–Kier alpha value is -0.120. The molecule has 0 amide bonds. The molecule has 1 saturated heterocycles. The van der Waals surface area contributed by atoms with Gasteiger partial charge in [0.15, 0.2) is 0 Å². The second-order valence-corrected chi connectivity index (χ2v) is 4.02. The van der Waals surface area contributed by atoms with Crippen molar-refractivity contribution in [3.05, 3.63) is 0 Å². The molecule has 0 aromatic carbocycles. The highest BCUT2D eigenvalue weighted by molar-refractivity contribution is 4.90. The first kappa shape index (κ1) is 9.96. The van der Waals surface area contributed by atoms with Crippen LogP contribution in [-0.2, 0) is 4.74 Å². The van der Waals surface area contributed by atoms with E-state index < -0.39 is 0 Å². The first-order valence-corrected chi connectivity index (χ1v) is 4.62. The topological polar surface area (TPSA) is 41.5 Å². The average Bonchev–Trinajstić information content (AvgIpc) is 2.05. The number of hydrogen-bond acceptors (Lipinski definition) is 3. The molecule has 0 spiro atoms. The van der Waals surface area contributed by atoms with Gasteiger partial charge >= 0.3 is 0 Å². The van der Waals surface area contributed by atoms with Crippen molar-refractivity contribution >= 4 is 0 Å². The van der Waals surface area contributed by atoms with Gasteiger partial charge < -0.3 is 15.2 Å². The summed E-state index contributed by atoms with van der Waals surface area (Å²) < 4.78 is 5.35. The monoisotopic (exact) mass is 173 g/mol. The lowest BCUT2D eigenvalue weighted by molar-refractivity contribution is -0.0105. The highest BCUT2D eigenvalue weighted by Gasteiger charge is 2.32. The molecule has 1 aliphatic heterocycles. The average molecular weight is 173 g/mol. The van der Waals surface area contributed by atoms with Gasteiger partial charge in [0, 0.05) is 6.54 Å². The lowest BCUT2D eigenvalue weighted by atomic mass is 9.89. The Labute approximate surface area is 74.1 Å². The van der Waals surface area contributed by atoms with Gasteiger partial charge in [-0.15, -0.1) is 0 Å². The number of aliphatic hydroxyl groups excluding tert-OH is 1. The molecule has 0 bridgehead atoms. The van der Waals surface area contributed by atoms with E-state index in [1.54, 1.807) is 0 Å². The highest BCUT2D eigenvalue weighted by Crippen LogP contribution is 2.18. The van der Waals surface area contributed by atoms with E-state index in [9.17, 15) is 5.11 Å².